The van der Waals surface area contributed by atoms with Crippen molar-refractivity contribution in [1.82, 2.24) is 9.47 Å². The van der Waals surface area contributed by atoms with Crippen LogP contribution in [0.15, 0.2) is 17.5 Å². The van der Waals surface area contributed by atoms with Gasteiger partial charge in [0, 0.05) is 6.54 Å². The fourth-order valence-corrected chi connectivity index (χ4v) is 1.61. The summed E-state index contributed by atoms with van der Waals surface area (Å²) in [4.78, 5) is 2.13. The standard InChI is InChI=1S/C11H20N4O.2ClH/c1-4-5-14-8-9-15(7-6-13(2)3)11(14)10-12-16;;/h8-10H,4-7H2,1-3H3;2*1H. The molecule has 0 saturated heterocycles. The van der Waals surface area contributed by atoms with Crippen molar-refractivity contribution in [3.63, 3.8) is 0 Å². The zero-order chi connectivity index (χ0) is 12.0. The van der Waals surface area contributed by atoms with Gasteiger partial charge >= 0.3 is 5.82 Å². The Kier molecular flexibility index (Phi) is 11.1. The number of hydrogen-bond acceptors (Lipinski definition) is 3. The van der Waals surface area contributed by atoms with Crippen LogP contribution in [0.1, 0.15) is 19.2 Å². The Morgan fingerprint density at radius 1 is 1.50 bits per heavy atom. The molecule has 0 aliphatic carbocycles. The third-order valence-corrected chi connectivity index (χ3v) is 2.44. The van der Waals surface area contributed by atoms with E-state index in [1.165, 1.54) is 6.21 Å². The van der Waals surface area contributed by atoms with Crippen molar-refractivity contribution in [3.05, 3.63) is 18.2 Å². The Morgan fingerprint density at radius 2 is 2.17 bits per heavy atom. The monoisotopic (exact) mass is 296 g/mol. The minimum Gasteiger partial charge on any atom is -1.00 e. The maximum Gasteiger partial charge on any atom is 0.303 e. The molecule has 0 unspecified atom stereocenters. The molecule has 0 radical (unpaired) electrons. The summed E-state index contributed by atoms with van der Waals surface area (Å²) in [6, 6.07) is 0. The third-order valence-electron chi connectivity index (χ3n) is 2.44. The summed E-state index contributed by atoms with van der Waals surface area (Å²) in [7, 11) is 4.09. The maximum absolute atomic E-state index is 8.66. The van der Waals surface area contributed by atoms with Crippen molar-refractivity contribution in [1.29, 1.82) is 0 Å². The van der Waals surface area contributed by atoms with Crippen LogP contribution in [-0.4, -0.2) is 41.5 Å². The van der Waals surface area contributed by atoms with Gasteiger partial charge in [0.25, 0.3) is 0 Å². The van der Waals surface area contributed by atoms with Gasteiger partial charge in [0.2, 0.25) is 0 Å². The van der Waals surface area contributed by atoms with Gasteiger partial charge < -0.3 is 22.5 Å². The first-order chi connectivity index (χ1) is 7.69. The lowest BCUT2D eigenvalue weighted by Gasteiger charge is -2.07. The van der Waals surface area contributed by atoms with Crippen molar-refractivity contribution >= 4 is 18.6 Å². The van der Waals surface area contributed by atoms with E-state index < -0.39 is 0 Å². The highest BCUT2D eigenvalue weighted by atomic mass is 35.5. The average molecular weight is 297 g/mol. The van der Waals surface area contributed by atoms with E-state index in [4.69, 9.17) is 5.21 Å². The number of hydrogen-bond donors (Lipinski definition) is 1. The summed E-state index contributed by atoms with van der Waals surface area (Å²) in [6.07, 6.45) is 6.60. The Hall–Kier alpha value is -0.780. The smallest absolute Gasteiger partial charge is 0.303 e. The van der Waals surface area contributed by atoms with E-state index >= 15 is 0 Å². The molecule has 1 aromatic heterocycles. The van der Waals surface area contributed by atoms with Gasteiger partial charge in [-0.15, -0.1) is 12.4 Å². The van der Waals surface area contributed by atoms with Gasteiger partial charge in [-0.25, -0.2) is 9.13 Å². The van der Waals surface area contributed by atoms with Gasteiger partial charge in [-0.3, -0.25) is 0 Å². The summed E-state index contributed by atoms with van der Waals surface area (Å²) in [5, 5.41) is 11.8. The number of rotatable bonds is 6. The second-order valence-corrected chi connectivity index (χ2v) is 4.09. The van der Waals surface area contributed by atoms with Crippen LogP contribution < -0.4 is 17.0 Å². The van der Waals surface area contributed by atoms with Crippen molar-refractivity contribution in [2.24, 2.45) is 5.16 Å². The Morgan fingerprint density at radius 3 is 2.67 bits per heavy atom. The second kappa shape index (κ2) is 10.2. The first kappa shape index (κ1) is 19.6. The number of aromatic nitrogens is 2. The predicted molar refractivity (Wildman–Crippen MR) is 70.1 cm³/mol. The maximum atomic E-state index is 8.66. The van der Waals surface area contributed by atoms with Crippen LogP contribution in [0, 0.1) is 0 Å². The Bertz CT molecular complexity index is 353. The number of likely N-dealkylation sites (N-methyl/N-ethyl adjacent to an activating group) is 1. The summed E-state index contributed by atoms with van der Waals surface area (Å²) < 4.78 is 4.19. The van der Waals surface area contributed by atoms with Gasteiger partial charge in [-0.1, -0.05) is 12.1 Å². The molecule has 0 fully saturated rings. The summed E-state index contributed by atoms with van der Waals surface area (Å²) >= 11 is 0. The lowest BCUT2D eigenvalue weighted by atomic mass is 10.4. The molecule has 0 aliphatic rings. The largest absolute Gasteiger partial charge is 1.00 e. The van der Waals surface area contributed by atoms with E-state index in [-0.39, 0.29) is 24.8 Å². The zero-order valence-corrected chi connectivity index (χ0v) is 12.7. The molecule has 0 aliphatic heterocycles. The molecule has 1 N–H and O–H groups in total. The molecule has 0 bridgehead atoms. The van der Waals surface area contributed by atoms with Crippen LogP contribution in [0.2, 0.25) is 0 Å². The molecule has 1 rings (SSSR count). The predicted octanol–water partition coefficient (Wildman–Crippen LogP) is -2.02. The Labute approximate surface area is 121 Å². The first-order valence-corrected chi connectivity index (χ1v) is 5.59. The Balaban J connectivity index is 0. The van der Waals surface area contributed by atoms with E-state index in [2.05, 4.69) is 26.1 Å². The van der Waals surface area contributed by atoms with Crippen LogP contribution in [0.3, 0.4) is 0 Å². The van der Waals surface area contributed by atoms with Gasteiger partial charge in [0.05, 0.1) is 6.54 Å². The highest BCUT2D eigenvalue weighted by molar-refractivity contribution is 5.85. The summed E-state index contributed by atoms with van der Waals surface area (Å²) in [5.74, 6) is 0.936. The fourth-order valence-electron chi connectivity index (χ4n) is 1.61. The third kappa shape index (κ3) is 5.71. The van der Waals surface area contributed by atoms with Crippen molar-refractivity contribution < 1.29 is 22.2 Å². The van der Waals surface area contributed by atoms with Gasteiger partial charge in [0.15, 0.2) is 6.21 Å². The number of halogens is 2. The average Bonchev–Trinajstić information content (AvgIpc) is 2.60. The number of aryl methyl sites for hydroxylation is 1. The molecule has 0 spiro atoms. The molecule has 0 aromatic carbocycles. The van der Waals surface area contributed by atoms with E-state index in [0.717, 1.165) is 31.9 Å². The van der Waals surface area contributed by atoms with E-state index in [1.54, 1.807) is 0 Å². The lowest BCUT2D eigenvalue weighted by molar-refractivity contribution is -0.697. The van der Waals surface area contributed by atoms with Crippen LogP contribution in [0.5, 0.6) is 0 Å². The van der Waals surface area contributed by atoms with Crippen LogP contribution >= 0.6 is 12.4 Å². The summed E-state index contributed by atoms with van der Waals surface area (Å²) in [5.41, 5.74) is 0. The van der Waals surface area contributed by atoms with Crippen LogP contribution in [0.4, 0.5) is 0 Å². The number of oxime groups is 1. The highest BCUT2D eigenvalue weighted by Crippen LogP contribution is 1.95. The van der Waals surface area contributed by atoms with Gasteiger partial charge in [-0.2, -0.15) is 0 Å². The normalized spacial score (nSPS) is 10.4. The van der Waals surface area contributed by atoms with Crippen LogP contribution in [0.25, 0.3) is 0 Å². The molecule has 7 heteroatoms. The molecule has 106 valence electrons. The fraction of sp³-hybridized carbons (Fsp3) is 0.636. The molecule has 0 atom stereocenters. The van der Waals surface area contributed by atoms with E-state index in [1.807, 2.05) is 26.5 Å². The van der Waals surface area contributed by atoms with E-state index in [0.29, 0.717) is 0 Å². The summed E-state index contributed by atoms with van der Waals surface area (Å²) in [6.45, 7) is 4.93. The molecule has 5 nitrogen and oxygen atoms in total. The van der Waals surface area contributed by atoms with E-state index in [9.17, 15) is 0 Å². The number of imidazole rings is 1. The molecular weight excluding hydrogens is 275 g/mol. The quantitative estimate of drug-likeness (QED) is 0.285. The second-order valence-electron chi connectivity index (χ2n) is 4.09. The molecule has 18 heavy (non-hydrogen) atoms. The molecule has 0 amide bonds. The van der Waals surface area contributed by atoms with Gasteiger partial charge in [0.1, 0.15) is 18.9 Å². The topological polar surface area (TPSA) is 44.6 Å². The van der Waals surface area contributed by atoms with Crippen molar-refractivity contribution in [2.75, 3.05) is 20.6 Å². The van der Waals surface area contributed by atoms with Crippen molar-refractivity contribution in [2.45, 2.75) is 26.4 Å². The molecule has 1 aromatic rings. The zero-order valence-electron chi connectivity index (χ0n) is 11.1. The van der Waals surface area contributed by atoms with Crippen molar-refractivity contribution in [3.8, 4) is 0 Å². The number of nitrogens with zero attached hydrogens (tertiary/aromatic N) is 4. The van der Waals surface area contributed by atoms with Crippen LogP contribution in [-0.2, 0) is 13.1 Å². The molecule has 1 heterocycles. The minimum absolute atomic E-state index is 0. The molecule has 0 saturated carbocycles. The first-order valence-electron chi connectivity index (χ1n) is 5.59. The highest BCUT2D eigenvalue weighted by Gasteiger charge is 2.14. The minimum atomic E-state index is 0. The molecular formula is C11H22Cl2N4O. The SMILES string of the molecule is CCC[n+]1ccn(CCN(C)C)c1/C=N/O.Cl.[Cl-]. The van der Waals surface area contributed by atoms with Gasteiger partial charge in [-0.05, 0) is 20.5 Å². The lowest BCUT2D eigenvalue weighted by Crippen LogP contribution is -3.00.